The molecule has 1 aromatic rings. The van der Waals surface area contributed by atoms with Crippen LogP contribution in [0.4, 0.5) is 5.82 Å². The van der Waals surface area contributed by atoms with Gasteiger partial charge >= 0.3 is 0 Å². The molecule has 0 spiro atoms. The first kappa shape index (κ1) is 12.6. The number of halogens is 1. The van der Waals surface area contributed by atoms with Crippen LogP contribution in [0.2, 0.25) is 5.28 Å². The first-order chi connectivity index (χ1) is 8.02. The highest BCUT2D eigenvalue weighted by atomic mass is 35.5. The van der Waals surface area contributed by atoms with E-state index in [2.05, 4.69) is 29.1 Å². The molecule has 0 amide bonds. The molecule has 0 aromatic carbocycles. The molecule has 0 radical (unpaired) electrons. The van der Waals surface area contributed by atoms with E-state index in [9.17, 15) is 0 Å². The molecule has 1 aliphatic rings. The van der Waals surface area contributed by atoms with Gasteiger partial charge in [0.2, 0.25) is 5.28 Å². The summed E-state index contributed by atoms with van der Waals surface area (Å²) in [6, 6.07) is 2.47. The number of anilines is 1. The minimum atomic E-state index is 0.324. The summed E-state index contributed by atoms with van der Waals surface area (Å²) < 4.78 is 0. The lowest BCUT2D eigenvalue weighted by atomic mass is 9.80. The predicted molar refractivity (Wildman–Crippen MR) is 71.4 cm³/mol. The van der Waals surface area contributed by atoms with Gasteiger partial charge in [-0.2, -0.15) is 0 Å². The maximum Gasteiger partial charge on any atom is 0.224 e. The summed E-state index contributed by atoms with van der Waals surface area (Å²) in [5.74, 6) is 2.43. The Labute approximate surface area is 108 Å². The van der Waals surface area contributed by atoms with Gasteiger partial charge in [0.25, 0.3) is 0 Å². The zero-order valence-corrected chi connectivity index (χ0v) is 11.5. The molecule has 1 heterocycles. The minimum absolute atomic E-state index is 0.324. The van der Waals surface area contributed by atoms with E-state index < -0.39 is 0 Å². The average Bonchev–Trinajstić information content (AvgIpc) is 2.13. The van der Waals surface area contributed by atoms with E-state index in [1.165, 1.54) is 19.3 Å². The molecule has 2 rings (SSSR count). The minimum Gasteiger partial charge on any atom is -0.367 e. The zero-order chi connectivity index (χ0) is 12.4. The summed E-state index contributed by atoms with van der Waals surface area (Å²) in [5.41, 5.74) is 0.907. The van der Waals surface area contributed by atoms with Crippen molar-refractivity contribution in [1.29, 1.82) is 0 Å². The number of aryl methyl sites for hydroxylation is 1. The van der Waals surface area contributed by atoms with Gasteiger partial charge < -0.3 is 5.32 Å². The number of rotatable bonds is 2. The van der Waals surface area contributed by atoms with Crippen molar-refractivity contribution >= 4 is 17.4 Å². The van der Waals surface area contributed by atoms with Crippen LogP contribution in [0.25, 0.3) is 0 Å². The second-order valence-corrected chi connectivity index (χ2v) is 5.76. The Morgan fingerprint density at radius 3 is 2.41 bits per heavy atom. The second-order valence-electron chi connectivity index (χ2n) is 5.42. The molecule has 2 atom stereocenters. The topological polar surface area (TPSA) is 37.8 Å². The van der Waals surface area contributed by atoms with Gasteiger partial charge in [-0.1, -0.05) is 13.8 Å². The highest BCUT2D eigenvalue weighted by Crippen LogP contribution is 2.30. The Hall–Kier alpha value is -0.830. The molecule has 94 valence electrons. The zero-order valence-electron chi connectivity index (χ0n) is 10.7. The van der Waals surface area contributed by atoms with Crippen LogP contribution in [0.15, 0.2) is 6.07 Å². The second kappa shape index (κ2) is 5.21. The van der Waals surface area contributed by atoms with Gasteiger partial charge in [0.1, 0.15) is 5.82 Å². The lowest BCUT2D eigenvalue weighted by Gasteiger charge is -2.32. The fourth-order valence-electron chi connectivity index (χ4n) is 2.88. The van der Waals surface area contributed by atoms with E-state index in [1.807, 2.05) is 13.0 Å². The van der Waals surface area contributed by atoms with Gasteiger partial charge in [-0.15, -0.1) is 0 Å². The molecule has 1 aliphatic carbocycles. The molecule has 0 aliphatic heterocycles. The molecule has 1 saturated carbocycles. The Kier molecular flexibility index (Phi) is 3.87. The lowest BCUT2D eigenvalue weighted by Crippen LogP contribution is -2.30. The largest absolute Gasteiger partial charge is 0.367 e. The van der Waals surface area contributed by atoms with Crippen molar-refractivity contribution in [2.24, 2.45) is 11.8 Å². The Morgan fingerprint density at radius 1 is 1.18 bits per heavy atom. The molecule has 2 unspecified atom stereocenters. The van der Waals surface area contributed by atoms with Gasteiger partial charge in [0.15, 0.2) is 0 Å². The number of hydrogen-bond acceptors (Lipinski definition) is 3. The molecule has 0 saturated heterocycles. The van der Waals surface area contributed by atoms with Gasteiger partial charge in [0.05, 0.1) is 0 Å². The predicted octanol–water partition coefficient (Wildman–Crippen LogP) is 3.68. The Balaban J connectivity index is 2.04. The van der Waals surface area contributed by atoms with Crippen molar-refractivity contribution in [3.05, 3.63) is 17.0 Å². The van der Waals surface area contributed by atoms with E-state index >= 15 is 0 Å². The highest BCUT2D eigenvalue weighted by molar-refractivity contribution is 6.28. The van der Waals surface area contributed by atoms with E-state index in [0.717, 1.165) is 23.3 Å². The average molecular weight is 254 g/mol. The standard InChI is InChI=1S/C13H20ClN3/c1-8-4-9(2)6-11(5-8)16-12-7-10(3)15-13(14)17-12/h7-9,11H,4-6H2,1-3H3,(H,15,16,17). The molecule has 1 aromatic heterocycles. The molecule has 17 heavy (non-hydrogen) atoms. The van der Waals surface area contributed by atoms with E-state index in [0.29, 0.717) is 11.3 Å². The van der Waals surface area contributed by atoms with Crippen molar-refractivity contribution in [3.8, 4) is 0 Å². The van der Waals surface area contributed by atoms with Gasteiger partial charge in [-0.25, -0.2) is 9.97 Å². The molecule has 1 fully saturated rings. The molecule has 4 heteroatoms. The Morgan fingerprint density at radius 2 is 1.82 bits per heavy atom. The van der Waals surface area contributed by atoms with Crippen molar-refractivity contribution < 1.29 is 0 Å². The highest BCUT2D eigenvalue weighted by Gasteiger charge is 2.24. The van der Waals surface area contributed by atoms with Crippen LogP contribution in [0.1, 0.15) is 38.8 Å². The summed E-state index contributed by atoms with van der Waals surface area (Å²) >= 11 is 5.86. The van der Waals surface area contributed by atoms with Crippen molar-refractivity contribution in [3.63, 3.8) is 0 Å². The van der Waals surface area contributed by atoms with E-state index in [1.54, 1.807) is 0 Å². The number of hydrogen-bond donors (Lipinski definition) is 1. The van der Waals surface area contributed by atoms with Crippen LogP contribution in [0.5, 0.6) is 0 Å². The van der Waals surface area contributed by atoms with Gasteiger partial charge in [0, 0.05) is 17.8 Å². The molecular formula is C13H20ClN3. The summed E-state index contributed by atoms with van der Waals surface area (Å²) in [6.45, 7) is 6.58. The maximum atomic E-state index is 5.86. The number of nitrogens with one attached hydrogen (secondary N) is 1. The molecule has 3 nitrogen and oxygen atoms in total. The Bertz CT molecular complexity index is 364. The summed E-state index contributed by atoms with van der Waals surface area (Å²) in [6.07, 6.45) is 3.76. The van der Waals surface area contributed by atoms with Crippen LogP contribution in [-0.2, 0) is 0 Å². The molecular weight excluding hydrogens is 234 g/mol. The lowest BCUT2D eigenvalue weighted by molar-refractivity contribution is 0.280. The number of aromatic nitrogens is 2. The van der Waals surface area contributed by atoms with Gasteiger partial charge in [-0.05, 0) is 49.6 Å². The summed E-state index contributed by atoms with van der Waals surface area (Å²) in [5, 5.41) is 3.81. The normalized spacial score (nSPS) is 29.1. The van der Waals surface area contributed by atoms with Crippen LogP contribution in [0.3, 0.4) is 0 Å². The molecule has 0 bridgehead atoms. The monoisotopic (exact) mass is 253 g/mol. The number of nitrogens with zero attached hydrogens (tertiary/aromatic N) is 2. The first-order valence-electron chi connectivity index (χ1n) is 6.30. The third kappa shape index (κ3) is 3.56. The van der Waals surface area contributed by atoms with Crippen molar-refractivity contribution in [2.45, 2.75) is 46.1 Å². The maximum absolute atomic E-state index is 5.86. The SMILES string of the molecule is Cc1cc(NC2CC(C)CC(C)C2)nc(Cl)n1. The van der Waals surface area contributed by atoms with Crippen LogP contribution < -0.4 is 5.32 Å². The van der Waals surface area contributed by atoms with Crippen LogP contribution >= 0.6 is 11.6 Å². The fourth-order valence-corrected chi connectivity index (χ4v) is 3.10. The van der Waals surface area contributed by atoms with E-state index in [4.69, 9.17) is 11.6 Å². The third-order valence-electron chi connectivity index (χ3n) is 3.36. The van der Waals surface area contributed by atoms with Crippen molar-refractivity contribution in [2.75, 3.05) is 5.32 Å². The summed E-state index contributed by atoms with van der Waals surface area (Å²) in [4.78, 5) is 8.29. The summed E-state index contributed by atoms with van der Waals surface area (Å²) in [7, 11) is 0. The van der Waals surface area contributed by atoms with Crippen molar-refractivity contribution in [1.82, 2.24) is 9.97 Å². The van der Waals surface area contributed by atoms with Crippen LogP contribution in [0, 0.1) is 18.8 Å². The fraction of sp³-hybridized carbons (Fsp3) is 0.692. The van der Waals surface area contributed by atoms with Crippen LogP contribution in [-0.4, -0.2) is 16.0 Å². The third-order valence-corrected chi connectivity index (χ3v) is 3.53. The molecule has 1 N–H and O–H groups in total. The quantitative estimate of drug-likeness (QED) is 0.818. The van der Waals surface area contributed by atoms with E-state index in [-0.39, 0.29) is 0 Å². The first-order valence-corrected chi connectivity index (χ1v) is 6.68. The van der Waals surface area contributed by atoms with Gasteiger partial charge in [-0.3, -0.25) is 0 Å². The smallest absolute Gasteiger partial charge is 0.224 e.